The Balaban J connectivity index is 1.19. The molecule has 2 amide bonds. The summed E-state index contributed by atoms with van der Waals surface area (Å²) in [7, 11) is 0. The molecule has 8 nitrogen and oxygen atoms in total. The summed E-state index contributed by atoms with van der Waals surface area (Å²) >= 11 is 0. The van der Waals surface area contributed by atoms with Crippen LogP contribution in [0.25, 0.3) is 11.0 Å². The second kappa shape index (κ2) is 8.74. The Hall–Kier alpha value is -3.63. The molecule has 1 saturated carbocycles. The van der Waals surface area contributed by atoms with Gasteiger partial charge in [-0.3, -0.25) is 14.7 Å². The van der Waals surface area contributed by atoms with Gasteiger partial charge in [0.25, 0.3) is 0 Å². The number of anilines is 1. The zero-order chi connectivity index (χ0) is 25.8. The molecular formula is C26H26F3N5O3. The first-order chi connectivity index (χ1) is 17.8. The molecule has 2 fully saturated rings. The van der Waals surface area contributed by atoms with Gasteiger partial charge in [0.1, 0.15) is 18.3 Å². The van der Waals surface area contributed by atoms with Gasteiger partial charge in [0, 0.05) is 17.6 Å². The third-order valence-electron chi connectivity index (χ3n) is 7.96. The molecular weight excluding hydrogens is 487 g/mol. The molecule has 1 saturated heterocycles. The van der Waals surface area contributed by atoms with Crippen molar-refractivity contribution in [2.45, 2.75) is 62.3 Å². The Labute approximate surface area is 210 Å². The first-order valence-electron chi connectivity index (χ1n) is 12.5. The third-order valence-corrected chi connectivity index (χ3v) is 7.96. The van der Waals surface area contributed by atoms with Gasteiger partial charge < -0.3 is 14.5 Å². The lowest BCUT2D eigenvalue weighted by atomic mass is 9.69. The number of carbonyl (C=O) groups is 2. The van der Waals surface area contributed by atoms with Crippen LogP contribution in [0.5, 0.6) is 5.75 Å². The summed E-state index contributed by atoms with van der Waals surface area (Å²) < 4.78 is 46.5. The summed E-state index contributed by atoms with van der Waals surface area (Å²) in [6, 6.07) is 7.38. The number of rotatable bonds is 4. The maximum Gasteiger partial charge on any atom is 0.408 e. The topological polar surface area (TPSA) is 91.4 Å². The smallest absolute Gasteiger partial charge is 0.408 e. The fraction of sp³-hybridized carbons (Fsp3) is 0.462. The van der Waals surface area contributed by atoms with Crippen molar-refractivity contribution in [3.8, 4) is 5.75 Å². The third kappa shape index (κ3) is 4.00. The summed E-state index contributed by atoms with van der Waals surface area (Å²) in [4.78, 5) is 33.4. The SMILES string of the molecule is O=C(CN1C(=O)C2(CCC(Oc3cnc4[nH]ncc4c3)CC2)c2ccccc21)N1CCCC1C(F)(F)F. The van der Waals surface area contributed by atoms with Crippen molar-refractivity contribution in [3.05, 3.63) is 48.3 Å². The van der Waals surface area contributed by atoms with Gasteiger partial charge in [-0.05, 0) is 56.2 Å². The minimum atomic E-state index is -4.48. The van der Waals surface area contributed by atoms with E-state index in [1.165, 1.54) is 4.90 Å². The van der Waals surface area contributed by atoms with Gasteiger partial charge in [0.2, 0.25) is 11.8 Å². The van der Waals surface area contributed by atoms with Crippen molar-refractivity contribution in [1.82, 2.24) is 20.1 Å². The van der Waals surface area contributed by atoms with E-state index in [1.54, 1.807) is 24.5 Å². The largest absolute Gasteiger partial charge is 0.489 e. The number of likely N-dealkylation sites (tertiary alicyclic amines) is 1. The Morgan fingerprint density at radius 3 is 2.73 bits per heavy atom. The molecule has 11 heteroatoms. The molecule has 0 radical (unpaired) electrons. The number of ether oxygens (including phenoxy) is 1. The maximum atomic E-state index is 13.8. The van der Waals surface area contributed by atoms with Gasteiger partial charge in [0.15, 0.2) is 5.65 Å². The summed E-state index contributed by atoms with van der Waals surface area (Å²) in [5, 5.41) is 7.61. The highest BCUT2D eigenvalue weighted by molar-refractivity contribution is 6.10. The second-order valence-corrected chi connectivity index (χ2v) is 10.1. The average Bonchev–Trinajstić information content (AvgIpc) is 3.61. The van der Waals surface area contributed by atoms with E-state index < -0.39 is 23.5 Å². The molecule has 1 spiro atoms. The van der Waals surface area contributed by atoms with Crippen LogP contribution in [0.15, 0.2) is 42.7 Å². The van der Waals surface area contributed by atoms with E-state index in [-0.39, 0.29) is 31.5 Å². The quantitative estimate of drug-likeness (QED) is 0.567. The molecule has 4 heterocycles. The Bertz CT molecular complexity index is 1350. The lowest BCUT2D eigenvalue weighted by Crippen LogP contribution is -2.51. The number of halogens is 3. The summed E-state index contributed by atoms with van der Waals surface area (Å²) in [6.07, 6.45) is 1.21. The second-order valence-electron chi connectivity index (χ2n) is 10.1. The van der Waals surface area contributed by atoms with Crippen LogP contribution in [0.2, 0.25) is 0 Å². The van der Waals surface area contributed by atoms with Crippen LogP contribution in [0.1, 0.15) is 44.1 Å². The van der Waals surface area contributed by atoms with Gasteiger partial charge in [0.05, 0.1) is 23.9 Å². The number of nitrogens with zero attached hydrogens (tertiary/aromatic N) is 4. The summed E-state index contributed by atoms with van der Waals surface area (Å²) in [6.45, 7) is -0.337. The zero-order valence-corrected chi connectivity index (χ0v) is 20.0. The van der Waals surface area contributed by atoms with Crippen molar-refractivity contribution < 1.29 is 27.5 Å². The molecule has 1 N–H and O–H groups in total. The van der Waals surface area contributed by atoms with Gasteiger partial charge in [-0.15, -0.1) is 0 Å². The molecule has 6 rings (SSSR count). The molecule has 1 aromatic carbocycles. The van der Waals surface area contributed by atoms with Crippen LogP contribution in [-0.4, -0.2) is 63.3 Å². The first-order valence-corrected chi connectivity index (χ1v) is 12.5. The van der Waals surface area contributed by atoms with Crippen LogP contribution in [0.4, 0.5) is 18.9 Å². The highest BCUT2D eigenvalue weighted by Crippen LogP contribution is 2.50. The van der Waals surface area contributed by atoms with Crippen molar-refractivity contribution >= 4 is 28.5 Å². The number of amides is 2. The zero-order valence-electron chi connectivity index (χ0n) is 20.0. The van der Waals surface area contributed by atoms with E-state index in [2.05, 4.69) is 15.2 Å². The molecule has 0 bridgehead atoms. The van der Waals surface area contributed by atoms with Crippen molar-refractivity contribution in [2.75, 3.05) is 18.0 Å². The number of H-pyrrole nitrogens is 1. The number of pyridine rings is 1. The van der Waals surface area contributed by atoms with Crippen molar-refractivity contribution in [1.29, 1.82) is 0 Å². The van der Waals surface area contributed by atoms with Crippen LogP contribution < -0.4 is 9.64 Å². The van der Waals surface area contributed by atoms with E-state index in [9.17, 15) is 22.8 Å². The normalized spacial score (nSPS) is 25.8. The molecule has 1 unspecified atom stereocenters. The summed E-state index contributed by atoms with van der Waals surface area (Å²) in [5.74, 6) is -0.256. The maximum absolute atomic E-state index is 13.8. The number of fused-ring (bicyclic) bond motifs is 3. The van der Waals surface area contributed by atoms with E-state index in [4.69, 9.17) is 4.74 Å². The van der Waals surface area contributed by atoms with Crippen LogP contribution >= 0.6 is 0 Å². The van der Waals surface area contributed by atoms with Crippen molar-refractivity contribution in [2.24, 2.45) is 0 Å². The lowest BCUT2D eigenvalue weighted by molar-refractivity contribution is -0.182. The van der Waals surface area contributed by atoms with Gasteiger partial charge >= 0.3 is 6.18 Å². The molecule has 1 atom stereocenters. The lowest BCUT2D eigenvalue weighted by Gasteiger charge is -2.36. The molecule has 37 heavy (non-hydrogen) atoms. The molecule has 1 aliphatic carbocycles. The molecule has 194 valence electrons. The number of benzene rings is 1. The molecule has 3 aromatic rings. The highest BCUT2D eigenvalue weighted by atomic mass is 19.4. The number of carbonyl (C=O) groups excluding carboxylic acids is 2. The van der Waals surface area contributed by atoms with E-state index in [0.717, 1.165) is 15.8 Å². The monoisotopic (exact) mass is 513 g/mol. The van der Waals surface area contributed by atoms with Crippen LogP contribution in [-0.2, 0) is 15.0 Å². The number of hydrogen-bond donors (Lipinski definition) is 1. The predicted molar refractivity (Wildman–Crippen MR) is 128 cm³/mol. The average molecular weight is 514 g/mol. The van der Waals surface area contributed by atoms with E-state index >= 15 is 0 Å². The number of nitrogens with one attached hydrogen (secondary N) is 1. The fourth-order valence-electron chi connectivity index (χ4n) is 6.14. The number of aromatic nitrogens is 3. The number of aromatic amines is 1. The van der Waals surface area contributed by atoms with E-state index in [0.29, 0.717) is 49.2 Å². The fourth-order valence-corrected chi connectivity index (χ4v) is 6.14. The Morgan fingerprint density at radius 1 is 1.16 bits per heavy atom. The van der Waals surface area contributed by atoms with Gasteiger partial charge in [-0.2, -0.15) is 18.3 Å². The molecule has 2 aliphatic heterocycles. The molecule has 2 aromatic heterocycles. The standard InChI is InChI=1S/C26H26F3N5O3/c27-26(28,29)21-6-3-11-33(21)22(35)15-34-20-5-2-1-4-19(20)25(24(34)36)9-7-17(8-10-25)37-18-12-16-13-31-32-23(16)30-14-18/h1-2,4-5,12-14,17,21H,3,6-11,15H2,(H,30,31,32). The van der Waals surface area contributed by atoms with Crippen molar-refractivity contribution in [3.63, 3.8) is 0 Å². The van der Waals surface area contributed by atoms with Gasteiger partial charge in [-0.1, -0.05) is 18.2 Å². The number of hydrogen-bond acceptors (Lipinski definition) is 5. The van der Waals surface area contributed by atoms with E-state index in [1.807, 2.05) is 18.2 Å². The number of para-hydroxylation sites is 1. The Kier molecular flexibility index (Phi) is 5.61. The number of alkyl halides is 3. The van der Waals surface area contributed by atoms with Crippen LogP contribution in [0.3, 0.4) is 0 Å². The summed E-state index contributed by atoms with van der Waals surface area (Å²) in [5.41, 5.74) is 1.31. The van der Waals surface area contributed by atoms with Gasteiger partial charge in [-0.25, -0.2) is 4.98 Å². The predicted octanol–water partition coefficient (Wildman–Crippen LogP) is 4.12. The first kappa shape index (κ1) is 23.7. The Morgan fingerprint density at radius 2 is 1.95 bits per heavy atom. The van der Waals surface area contributed by atoms with Crippen LogP contribution in [0, 0.1) is 0 Å². The minimum absolute atomic E-state index is 0.0519. The minimum Gasteiger partial charge on any atom is -0.489 e. The highest BCUT2D eigenvalue weighted by Gasteiger charge is 2.54. The molecule has 3 aliphatic rings.